The molecule has 31 heavy (non-hydrogen) atoms. The zero-order valence-electron chi connectivity index (χ0n) is 18.7. The Labute approximate surface area is 188 Å². The summed E-state index contributed by atoms with van der Waals surface area (Å²) in [5.74, 6) is 0.802. The number of likely N-dealkylation sites (tertiary alicyclic amines) is 1. The smallest absolute Gasteiger partial charge is 0.234 e. The fourth-order valence-corrected chi connectivity index (χ4v) is 7.54. The van der Waals surface area contributed by atoms with Crippen LogP contribution >= 0.6 is 0 Å². The predicted molar refractivity (Wildman–Crippen MR) is 123 cm³/mol. The molecule has 0 bridgehead atoms. The summed E-state index contributed by atoms with van der Waals surface area (Å²) in [6.07, 6.45) is 8.50. The number of nitrogens with zero attached hydrogens (tertiary/aromatic N) is 1. The highest BCUT2D eigenvalue weighted by atomic mass is 32.2. The maximum atomic E-state index is 13.0. The fourth-order valence-electron chi connectivity index (χ4n) is 6.41. The van der Waals surface area contributed by atoms with Crippen molar-refractivity contribution in [2.45, 2.75) is 83.9 Å². The number of hydrogen-bond acceptors (Lipinski definition) is 5. The van der Waals surface area contributed by atoms with E-state index in [0.717, 1.165) is 45.2 Å². The monoisotopic (exact) mass is 454 g/mol. The summed E-state index contributed by atoms with van der Waals surface area (Å²) in [5.41, 5.74) is 0.230. The van der Waals surface area contributed by atoms with Gasteiger partial charge in [0.1, 0.15) is 15.6 Å². The first-order chi connectivity index (χ1) is 14.0. The number of fused-ring (bicyclic) bond motifs is 1. The molecule has 5 unspecified atom stereocenters. The van der Waals surface area contributed by atoms with Gasteiger partial charge in [-0.2, -0.15) is 0 Å². The molecule has 0 radical (unpaired) electrons. The largest absolute Gasteiger partial charge is 0.351 e. The van der Waals surface area contributed by atoms with Crippen molar-refractivity contribution in [3.8, 4) is 0 Å². The van der Waals surface area contributed by atoms with Crippen LogP contribution < -0.4 is 5.32 Å². The van der Waals surface area contributed by atoms with Crippen LogP contribution in [0, 0.1) is 29.1 Å². The highest BCUT2D eigenvalue weighted by Crippen LogP contribution is 2.49. The maximum absolute atomic E-state index is 13.0. The number of carbonyl (C=O) groups excluding carboxylic acids is 2. The minimum Gasteiger partial charge on any atom is -0.351 e. The third-order valence-electron chi connectivity index (χ3n) is 8.08. The van der Waals surface area contributed by atoms with Crippen LogP contribution in [-0.4, -0.2) is 62.2 Å². The molecule has 0 aromatic carbocycles. The molecule has 178 valence electrons. The van der Waals surface area contributed by atoms with Gasteiger partial charge in [0, 0.05) is 30.7 Å². The number of hydrogen-bond donors (Lipinski definition) is 1. The third-order valence-corrected chi connectivity index (χ3v) is 9.72. The summed E-state index contributed by atoms with van der Waals surface area (Å²) < 4.78 is 24.4. The summed E-state index contributed by atoms with van der Waals surface area (Å²) in [5, 5.41) is 2.90. The highest BCUT2D eigenvalue weighted by Gasteiger charge is 2.52. The summed E-state index contributed by atoms with van der Waals surface area (Å²) in [7, 11) is -3.10. The third kappa shape index (κ3) is 5.70. The van der Waals surface area contributed by atoms with Crippen LogP contribution in [0.15, 0.2) is 0 Å². The minimum absolute atomic E-state index is 0. The second-order valence-corrected chi connectivity index (χ2v) is 13.6. The minimum atomic E-state index is -3.10. The quantitative estimate of drug-likeness (QED) is 0.667. The van der Waals surface area contributed by atoms with E-state index in [1.807, 2.05) is 0 Å². The molecule has 3 saturated carbocycles. The number of nitrogens with one attached hydrogen (secondary N) is 1. The summed E-state index contributed by atoms with van der Waals surface area (Å²) in [4.78, 5) is 28.2. The lowest BCUT2D eigenvalue weighted by Gasteiger charge is -2.38. The molecule has 4 aliphatic rings. The Hall–Kier alpha value is -0.950. The van der Waals surface area contributed by atoms with E-state index in [1.165, 1.54) is 12.7 Å². The van der Waals surface area contributed by atoms with Crippen LogP contribution in [0.5, 0.6) is 0 Å². The Bertz CT molecular complexity index is 789. The topological polar surface area (TPSA) is 83.6 Å². The lowest BCUT2D eigenvalue weighted by Crippen LogP contribution is -2.51. The number of piperidine rings is 1. The van der Waals surface area contributed by atoms with E-state index < -0.39 is 9.84 Å². The van der Waals surface area contributed by atoms with Gasteiger partial charge in [0.25, 0.3) is 0 Å². The van der Waals surface area contributed by atoms with Crippen molar-refractivity contribution in [3.05, 3.63) is 0 Å². The van der Waals surface area contributed by atoms with E-state index >= 15 is 0 Å². The predicted octanol–water partition coefficient (Wildman–Crippen LogP) is 3.06. The van der Waals surface area contributed by atoms with Crippen LogP contribution in [0.1, 0.15) is 72.6 Å². The van der Waals surface area contributed by atoms with Crippen molar-refractivity contribution in [1.29, 1.82) is 0 Å². The summed E-state index contributed by atoms with van der Waals surface area (Å²) >= 11 is 0. The van der Waals surface area contributed by atoms with Gasteiger partial charge in [-0.15, -0.1) is 0 Å². The molecular weight excluding hydrogens is 412 g/mol. The molecule has 1 N–H and O–H groups in total. The number of ketones is 1. The average Bonchev–Trinajstić information content (AvgIpc) is 3.42. The second kappa shape index (κ2) is 9.12. The number of rotatable bonds is 6. The molecule has 7 heteroatoms. The molecule has 0 aromatic heterocycles. The number of amides is 1. The van der Waals surface area contributed by atoms with Crippen LogP contribution in [0.3, 0.4) is 0 Å². The van der Waals surface area contributed by atoms with E-state index in [1.54, 1.807) is 0 Å². The van der Waals surface area contributed by atoms with E-state index in [4.69, 9.17) is 0 Å². The SMILES string of the molecule is C.CC1(C)CCCN(CC(=O)NC2C(C(=O)C3CC3)CC3CCC(S(C)(=O)=O)CC32)C1. The van der Waals surface area contributed by atoms with Gasteiger partial charge in [-0.1, -0.05) is 21.3 Å². The molecule has 3 aliphatic carbocycles. The normalized spacial score (nSPS) is 35.6. The Morgan fingerprint density at radius 1 is 1.10 bits per heavy atom. The zero-order chi connectivity index (χ0) is 21.7. The first kappa shape index (κ1) is 24.7. The second-order valence-electron chi connectivity index (χ2n) is 11.3. The van der Waals surface area contributed by atoms with Gasteiger partial charge < -0.3 is 5.32 Å². The molecule has 1 heterocycles. The van der Waals surface area contributed by atoms with Crippen molar-refractivity contribution in [2.75, 3.05) is 25.9 Å². The van der Waals surface area contributed by atoms with Gasteiger partial charge in [-0.05, 0) is 75.2 Å². The summed E-state index contributed by atoms with van der Waals surface area (Å²) in [6, 6.07) is -0.196. The van der Waals surface area contributed by atoms with E-state index in [0.29, 0.717) is 31.1 Å². The van der Waals surface area contributed by atoms with Crippen molar-refractivity contribution in [1.82, 2.24) is 10.2 Å². The molecule has 6 nitrogen and oxygen atoms in total. The van der Waals surface area contributed by atoms with E-state index in [-0.39, 0.29) is 47.8 Å². The lowest BCUT2D eigenvalue weighted by molar-refractivity contribution is -0.127. The van der Waals surface area contributed by atoms with Crippen LogP contribution in [0.25, 0.3) is 0 Å². The Morgan fingerprint density at radius 3 is 2.42 bits per heavy atom. The lowest BCUT2D eigenvalue weighted by atomic mass is 9.79. The molecule has 0 aromatic rings. The molecular formula is C24H42N2O4S. The zero-order valence-corrected chi connectivity index (χ0v) is 19.5. The van der Waals surface area contributed by atoms with Gasteiger partial charge in [0.05, 0.1) is 11.8 Å². The average molecular weight is 455 g/mol. The number of carbonyl (C=O) groups is 2. The van der Waals surface area contributed by atoms with Gasteiger partial charge in [-0.25, -0.2) is 8.42 Å². The van der Waals surface area contributed by atoms with Gasteiger partial charge >= 0.3 is 0 Å². The summed E-state index contributed by atoms with van der Waals surface area (Å²) in [6.45, 7) is 6.72. The van der Waals surface area contributed by atoms with Crippen molar-refractivity contribution in [3.63, 3.8) is 0 Å². The Kier molecular flexibility index (Phi) is 7.27. The van der Waals surface area contributed by atoms with Crippen molar-refractivity contribution < 1.29 is 18.0 Å². The highest BCUT2D eigenvalue weighted by molar-refractivity contribution is 7.91. The first-order valence-corrected chi connectivity index (χ1v) is 13.7. The molecule has 1 saturated heterocycles. The Balaban J connectivity index is 0.00000272. The van der Waals surface area contributed by atoms with Crippen LogP contribution in [0.2, 0.25) is 0 Å². The molecule has 1 amide bonds. The van der Waals surface area contributed by atoms with Crippen molar-refractivity contribution in [2.24, 2.45) is 29.1 Å². The molecule has 4 rings (SSSR count). The Morgan fingerprint density at radius 2 is 1.81 bits per heavy atom. The molecule has 0 spiro atoms. The van der Waals surface area contributed by atoms with Gasteiger partial charge in [0.2, 0.25) is 5.91 Å². The van der Waals surface area contributed by atoms with Crippen molar-refractivity contribution >= 4 is 21.5 Å². The molecule has 4 fully saturated rings. The van der Waals surface area contributed by atoms with Crippen LogP contribution in [0.4, 0.5) is 0 Å². The van der Waals surface area contributed by atoms with E-state index in [2.05, 4.69) is 24.1 Å². The maximum Gasteiger partial charge on any atom is 0.234 e. The van der Waals surface area contributed by atoms with Crippen LogP contribution in [-0.2, 0) is 19.4 Å². The molecule has 5 atom stereocenters. The first-order valence-electron chi connectivity index (χ1n) is 11.8. The number of sulfone groups is 1. The van der Waals surface area contributed by atoms with Gasteiger partial charge in [0.15, 0.2) is 0 Å². The number of Topliss-reactive ketones (excluding diaryl/α,β-unsaturated/α-hetero) is 1. The van der Waals surface area contributed by atoms with E-state index in [9.17, 15) is 18.0 Å². The standard InChI is InChI=1S/C23H38N2O4S.CH4/c1-23(2)9-4-10-25(14-23)13-20(26)24-21-18-12-17(30(3,28)29)8-7-16(18)11-19(21)22(27)15-5-6-15;/h15-19,21H,4-14H2,1-3H3,(H,24,26);1H4. The fraction of sp³-hybridized carbons (Fsp3) is 0.917. The van der Waals surface area contributed by atoms with Gasteiger partial charge in [-0.3, -0.25) is 14.5 Å². The molecule has 1 aliphatic heterocycles.